The van der Waals surface area contributed by atoms with Gasteiger partial charge < -0.3 is 10.1 Å². The smallest absolute Gasteiger partial charge is 0.234 e. The van der Waals surface area contributed by atoms with Crippen LogP contribution in [0, 0.1) is 0 Å². The van der Waals surface area contributed by atoms with Gasteiger partial charge in [0.05, 0.1) is 12.3 Å². The Hall–Kier alpha value is -2.48. The summed E-state index contributed by atoms with van der Waals surface area (Å²) in [6.07, 6.45) is 1.74. The molecule has 150 valence electrons. The zero-order valence-corrected chi connectivity index (χ0v) is 17.7. The van der Waals surface area contributed by atoms with Gasteiger partial charge in [0.25, 0.3) is 0 Å². The molecule has 0 fully saturated rings. The van der Waals surface area contributed by atoms with E-state index in [0.717, 1.165) is 0 Å². The minimum atomic E-state index is -0.184. The van der Waals surface area contributed by atoms with Crippen molar-refractivity contribution in [3.63, 3.8) is 0 Å². The molecule has 1 heterocycles. The van der Waals surface area contributed by atoms with E-state index < -0.39 is 0 Å². The van der Waals surface area contributed by atoms with Gasteiger partial charge in [0.2, 0.25) is 17.0 Å². The number of aliphatic imine (C=N–C) groups is 1. The van der Waals surface area contributed by atoms with Crippen molar-refractivity contribution in [2.45, 2.75) is 0 Å². The van der Waals surface area contributed by atoms with Crippen molar-refractivity contribution in [2.75, 3.05) is 24.2 Å². The molecule has 0 unspecified atom stereocenters. The predicted molar refractivity (Wildman–Crippen MR) is 121 cm³/mol. The number of ether oxygens (including phenoxy) is 1. The minimum absolute atomic E-state index is 0.144. The van der Waals surface area contributed by atoms with Crippen molar-refractivity contribution in [2.24, 2.45) is 10.1 Å². The van der Waals surface area contributed by atoms with Crippen LogP contribution in [0.4, 0.5) is 5.69 Å². The van der Waals surface area contributed by atoms with Crippen LogP contribution in [-0.2, 0) is 4.79 Å². The average Bonchev–Trinajstić information content (AvgIpc) is 2.68. The number of hydrazone groups is 1. The molecule has 29 heavy (non-hydrogen) atoms. The number of carbonyl (C=O) groups excluding carboxylic acids is 1. The highest BCUT2D eigenvalue weighted by atomic mass is 35.5. The minimum Gasteiger partial charge on any atom is -0.441 e. The summed E-state index contributed by atoms with van der Waals surface area (Å²) in [6.45, 7) is 4.66. The molecule has 3 rings (SSSR count). The van der Waals surface area contributed by atoms with E-state index in [9.17, 15) is 4.79 Å². The van der Waals surface area contributed by atoms with Crippen LogP contribution in [0.1, 0.15) is 0 Å². The number of thioether (sulfide) groups is 1. The van der Waals surface area contributed by atoms with Crippen LogP contribution in [0.25, 0.3) is 0 Å². The van der Waals surface area contributed by atoms with E-state index >= 15 is 0 Å². The summed E-state index contributed by atoms with van der Waals surface area (Å²) in [6, 6.07) is 14.0. The molecular formula is C20H18Cl2N4O2S. The average molecular weight is 449 g/mol. The molecule has 0 radical (unpaired) electrons. The molecule has 6 nitrogen and oxygen atoms in total. The lowest BCUT2D eigenvalue weighted by atomic mass is 10.3. The van der Waals surface area contributed by atoms with E-state index in [1.54, 1.807) is 59.6 Å². The zero-order valence-electron chi connectivity index (χ0n) is 15.3. The summed E-state index contributed by atoms with van der Waals surface area (Å²) in [7, 11) is 0. The van der Waals surface area contributed by atoms with Gasteiger partial charge >= 0.3 is 0 Å². The SMILES string of the molecule is C=CCN1CC(Oc2ccc(Cl)cc2)=NC(SCC(=O)Nc2cccc(Cl)c2)=N1. The number of hydrogen-bond acceptors (Lipinski definition) is 6. The standard InChI is InChI=1S/C20H18Cl2N4O2S/c1-2-10-26-12-19(28-17-8-6-14(21)7-9-17)24-20(25-26)29-13-18(27)23-16-5-3-4-15(22)11-16/h2-9,11H,1,10,12-13H2,(H,23,27). The van der Waals surface area contributed by atoms with Gasteiger partial charge in [-0.15, -0.1) is 11.7 Å². The number of halogens is 2. The Morgan fingerprint density at radius 3 is 2.76 bits per heavy atom. The fourth-order valence-electron chi connectivity index (χ4n) is 2.38. The van der Waals surface area contributed by atoms with Crippen LogP contribution in [0.15, 0.2) is 71.3 Å². The summed E-state index contributed by atoms with van der Waals surface area (Å²) in [5.41, 5.74) is 0.636. The summed E-state index contributed by atoms with van der Waals surface area (Å²) in [4.78, 5) is 16.6. The lowest BCUT2D eigenvalue weighted by molar-refractivity contribution is -0.113. The largest absolute Gasteiger partial charge is 0.441 e. The summed E-state index contributed by atoms with van der Waals surface area (Å²) in [5.74, 6) is 1.06. The molecule has 0 saturated heterocycles. The van der Waals surface area contributed by atoms with Crippen LogP contribution in [0.3, 0.4) is 0 Å². The van der Waals surface area contributed by atoms with E-state index in [2.05, 4.69) is 22.0 Å². The Balaban J connectivity index is 1.63. The third-order valence-corrected chi connectivity index (χ3v) is 4.92. The normalized spacial score (nSPS) is 13.4. The van der Waals surface area contributed by atoms with E-state index in [1.165, 1.54) is 11.8 Å². The molecule has 0 aromatic heterocycles. The number of anilines is 1. The van der Waals surface area contributed by atoms with E-state index in [-0.39, 0.29) is 11.7 Å². The fourth-order valence-corrected chi connectivity index (χ4v) is 3.37. The maximum atomic E-state index is 12.2. The van der Waals surface area contributed by atoms with Gasteiger partial charge in [-0.3, -0.25) is 9.80 Å². The first kappa shape index (κ1) is 21.2. The Bertz CT molecular complexity index is 948. The van der Waals surface area contributed by atoms with Gasteiger partial charge in [-0.2, -0.15) is 4.99 Å². The van der Waals surface area contributed by atoms with Crippen molar-refractivity contribution < 1.29 is 9.53 Å². The lowest BCUT2D eigenvalue weighted by Gasteiger charge is -2.23. The molecule has 9 heteroatoms. The molecule has 0 bridgehead atoms. The quantitative estimate of drug-likeness (QED) is 0.637. The second-order valence-electron chi connectivity index (χ2n) is 5.93. The number of amidine groups is 1. The van der Waals surface area contributed by atoms with Gasteiger partial charge in [0.1, 0.15) is 12.3 Å². The number of nitrogens with one attached hydrogen (secondary N) is 1. The number of amides is 1. The van der Waals surface area contributed by atoms with Crippen LogP contribution in [0.5, 0.6) is 5.75 Å². The van der Waals surface area contributed by atoms with Crippen molar-refractivity contribution in [1.82, 2.24) is 5.01 Å². The Morgan fingerprint density at radius 2 is 2.03 bits per heavy atom. The van der Waals surface area contributed by atoms with E-state index in [1.807, 2.05) is 0 Å². The molecule has 1 N–H and O–H groups in total. The second-order valence-corrected chi connectivity index (χ2v) is 7.74. The first-order valence-electron chi connectivity index (χ1n) is 8.65. The topological polar surface area (TPSA) is 66.3 Å². The van der Waals surface area contributed by atoms with Crippen molar-refractivity contribution in [3.05, 3.63) is 71.2 Å². The molecule has 0 atom stereocenters. The summed E-state index contributed by atoms with van der Waals surface area (Å²) >= 11 is 13.1. The Kier molecular flexibility index (Phi) is 7.57. The van der Waals surface area contributed by atoms with Gasteiger partial charge in [-0.05, 0) is 42.5 Å². The molecule has 1 aliphatic rings. The van der Waals surface area contributed by atoms with Crippen LogP contribution < -0.4 is 10.1 Å². The molecule has 2 aromatic carbocycles. The monoisotopic (exact) mass is 448 g/mol. The highest BCUT2D eigenvalue weighted by molar-refractivity contribution is 8.14. The first-order valence-corrected chi connectivity index (χ1v) is 10.4. The number of rotatable bonds is 6. The van der Waals surface area contributed by atoms with Gasteiger partial charge in [0.15, 0.2) is 0 Å². The highest BCUT2D eigenvalue weighted by Crippen LogP contribution is 2.19. The Morgan fingerprint density at radius 1 is 1.24 bits per heavy atom. The van der Waals surface area contributed by atoms with E-state index in [0.29, 0.717) is 45.6 Å². The second kappa shape index (κ2) is 10.3. The third-order valence-electron chi connectivity index (χ3n) is 3.59. The van der Waals surface area contributed by atoms with Crippen molar-refractivity contribution >= 4 is 57.6 Å². The van der Waals surface area contributed by atoms with Crippen molar-refractivity contribution in [3.8, 4) is 5.75 Å². The number of nitrogens with zero attached hydrogens (tertiary/aromatic N) is 3. The van der Waals surface area contributed by atoms with Crippen LogP contribution in [0.2, 0.25) is 10.0 Å². The van der Waals surface area contributed by atoms with Crippen LogP contribution >= 0.6 is 35.0 Å². The number of carbonyl (C=O) groups is 1. The zero-order chi connectivity index (χ0) is 20.6. The molecular weight excluding hydrogens is 431 g/mol. The Labute approximate surface area is 183 Å². The fraction of sp³-hybridized carbons (Fsp3) is 0.150. The molecule has 0 spiro atoms. The number of benzene rings is 2. The van der Waals surface area contributed by atoms with Gasteiger partial charge in [-0.1, -0.05) is 47.1 Å². The summed E-state index contributed by atoms with van der Waals surface area (Å²) < 4.78 is 5.84. The maximum absolute atomic E-state index is 12.2. The third kappa shape index (κ3) is 6.81. The molecule has 1 amide bonds. The highest BCUT2D eigenvalue weighted by Gasteiger charge is 2.18. The molecule has 0 saturated carbocycles. The van der Waals surface area contributed by atoms with Crippen molar-refractivity contribution in [1.29, 1.82) is 0 Å². The molecule has 2 aromatic rings. The number of hydrogen-bond donors (Lipinski definition) is 1. The lowest BCUT2D eigenvalue weighted by Crippen LogP contribution is -2.33. The maximum Gasteiger partial charge on any atom is 0.234 e. The van der Waals surface area contributed by atoms with Gasteiger partial charge in [-0.25, -0.2) is 0 Å². The predicted octanol–water partition coefficient (Wildman–Crippen LogP) is 4.92. The van der Waals surface area contributed by atoms with Crippen LogP contribution in [-0.4, -0.2) is 40.8 Å². The van der Waals surface area contributed by atoms with Gasteiger partial charge in [0, 0.05) is 15.7 Å². The summed E-state index contributed by atoms with van der Waals surface area (Å²) in [5, 5.41) is 10.6. The first-order chi connectivity index (χ1) is 14.0. The molecule has 0 aliphatic carbocycles. The molecule has 1 aliphatic heterocycles. The van der Waals surface area contributed by atoms with E-state index in [4.69, 9.17) is 27.9 Å².